The molecular weight excluding hydrogens is 430 g/mol. The van der Waals surface area contributed by atoms with E-state index in [1.165, 1.54) is 0 Å². The van der Waals surface area contributed by atoms with Crippen LogP contribution in [0.4, 0.5) is 0 Å². The van der Waals surface area contributed by atoms with Gasteiger partial charge in [-0.05, 0) is 55.8 Å². The number of benzene rings is 2. The molecule has 0 aliphatic carbocycles. The number of ether oxygens (including phenoxy) is 1. The lowest BCUT2D eigenvalue weighted by atomic mass is 10.2. The minimum absolute atomic E-state index is 0.342. The van der Waals surface area contributed by atoms with Crippen LogP contribution in [0.15, 0.2) is 51.8 Å². The lowest BCUT2D eigenvalue weighted by molar-refractivity contribution is -0.139. The molecule has 0 aliphatic rings. The summed E-state index contributed by atoms with van der Waals surface area (Å²) in [5.74, 6) is 0.282. The van der Waals surface area contributed by atoms with Crippen molar-refractivity contribution in [1.82, 2.24) is 15.0 Å². The first-order valence-corrected chi connectivity index (χ1v) is 9.97. The van der Waals surface area contributed by atoms with Crippen LogP contribution in [0.2, 0.25) is 0 Å². The van der Waals surface area contributed by atoms with E-state index in [4.69, 9.17) is 9.84 Å². The summed E-state index contributed by atoms with van der Waals surface area (Å²) in [6.07, 6.45) is 0. The average molecular weight is 448 g/mol. The molecule has 8 heteroatoms. The van der Waals surface area contributed by atoms with Crippen LogP contribution < -0.4 is 4.74 Å². The van der Waals surface area contributed by atoms with E-state index in [-0.39, 0.29) is 6.61 Å². The summed E-state index contributed by atoms with van der Waals surface area (Å²) in [5, 5.41) is 17.8. The Balaban J connectivity index is 1.68. The number of nitrogens with zero attached hydrogens (tertiary/aromatic N) is 3. The van der Waals surface area contributed by atoms with Crippen molar-refractivity contribution in [3.05, 3.63) is 63.9 Å². The summed E-state index contributed by atoms with van der Waals surface area (Å²) in [7, 11) is 0. The molecule has 6 nitrogen and oxygen atoms in total. The topological polar surface area (TPSA) is 77.2 Å². The Hall–Kier alpha value is -2.32. The molecule has 140 valence electrons. The summed E-state index contributed by atoms with van der Waals surface area (Å²) < 4.78 is 6.24. The van der Waals surface area contributed by atoms with Gasteiger partial charge in [-0.1, -0.05) is 22.0 Å². The van der Waals surface area contributed by atoms with Gasteiger partial charge in [-0.25, -0.2) is 4.79 Å². The zero-order chi connectivity index (χ0) is 19.4. The van der Waals surface area contributed by atoms with Gasteiger partial charge in [0.05, 0.1) is 17.1 Å². The maximum absolute atomic E-state index is 10.6. The predicted molar refractivity (Wildman–Crippen MR) is 108 cm³/mol. The van der Waals surface area contributed by atoms with E-state index in [0.717, 1.165) is 32.0 Å². The fourth-order valence-corrected chi connectivity index (χ4v) is 3.80. The first-order chi connectivity index (χ1) is 12.9. The first-order valence-electron chi connectivity index (χ1n) is 8.19. The minimum Gasteiger partial charge on any atom is -0.482 e. The van der Waals surface area contributed by atoms with Gasteiger partial charge in [0.2, 0.25) is 0 Å². The van der Waals surface area contributed by atoms with E-state index in [2.05, 4.69) is 26.1 Å². The van der Waals surface area contributed by atoms with Gasteiger partial charge in [-0.15, -0.1) is 11.8 Å². The molecule has 0 aliphatic heterocycles. The number of carbonyl (C=O) groups is 1. The zero-order valence-electron chi connectivity index (χ0n) is 14.8. The van der Waals surface area contributed by atoms with Gasteiger partial charge in [-0.3, -0.25) is 0 Å². The largest absolute Gasteiger partial charge is 0.482 e. The van der Waals surface area contributed by atoms with Gasteiger partial charge >= 0.3 is 5.97 Å². The third-order valence-corrected chi connectivity index (χ3v) is 5.29. The van der Waals surface area contributed by atoms with Gasteiger partial charge in [-0.2, -0.15) is 15.0 Å². The fraction of sp³-hybridized carbons (Fsp3) is 0.211. The van der Waals surface area contributed by atoms with Crippen molar-refractivity contribution < 1.29 is 14.6 Å². The SMILES string of the molecule is Cc1cc(SCc2nn(-c3cccc(Br)c3)nc2C)ccc1OCC(=O)O. The number of aromatic nitrogens is 3. The lowest BCUT2D eigenvalue weighted by Gasteiger charge is -2.08. The fourth-order valence-electron chi connectivity index (χ4n) is 2.42. The Morgan fingerprint density at radius 3 is 2.74 bits per heavy atom. The van der Waals surface area contributed by atoms with Gasteiger partial charge in [0.15, 0.2) is 6.61 Å². The number of hydrogen-bond donors (Lipinski definition) is 1. The van der Waals surface area contributed by atoms with E-state index < -0.39 is 5.97 Å². The summed E-state index contributed by atoms with van der Waals surface area (Å²) in [6.45, 7) is 3.51. The van der Waals surface area contributed by atoms with Crippen molar-refractivity contribution in [3.8, 4) is 11.4 Å². The molecular formula is C19H18BrN3O3S. The summed E-state index contributed by atoms with van der Waals surface area (Å²) >= 11 is 5.11. The van der Waals surface area contributed by atoms with Crippen molar-refractivity contribution in [1.29, 1.82) is 0 Å². The van der Waals surface area contributed by atoms with Crippen LogP contribution in [-0.4, -0.2) is 32.7 Å². The number of hydrogen-bond acceptors (Lipinski definition) is 5. The quantitative estimate of drug-likeness (QED) is 0.540. The monoisotopic (exact) mass is 447 g/mol. The second-order valence-corrected chi connectivity index (χ2v) is 7.86. The Morgan fingerprint density at radius 1 is 1.22 bits per heavy atom. The van der Waals surface area contributed by atoms with Crippen molar-refractivity contribution in [2.24, 2.45) is 0 Å². The van der Waals surface area contributed by atoms with Crippen molar-refractivity contribution >= 4 is 33.7 Å². The smallest absolute Gasteiger partial charge is 0.341 e. The van der Waals surface area contributed by atoms with E-state index in [1.54, 1.807) is 22.6 Å². The number of carboxylic acids is 1. The Bertz CT molecular complexity index is 975. The van der Waals surface area contributed by atoms with Crippen LogP contribution in [-0.2, 0) is 10.5 Å². The number of thioether (sulfide) groups is 1. The Kier molecular flexibility index (Phi) is 6.18. The molecule has 0 saturated heterocycles. The molecule has 1 heterocycles. The van der Waals surface area contributed by atoms with Crippen LogP contribution in [0, 0.1) is 13.8 Å². The minimum atomic E-state index is -0.989. The third kappa shape index (κ3) is 5.11. The van der Waals surface area contributed by atoms with E-state index in [9.17, 15) is 4.79 Å². The standard InChI is InChI=1S/C19H18BrN3O3S/c1-12-8-16(6-7-18(12)26-10-19(24)25)27-11-17-13(2)21-23(22-17)15-5-3-4-14(20)9-15/h3-9H,10-11H2,1-2H3,(H,24,25). The molecule has 0 amide bonds. The van der Waals surface area contributed by atoms with Crippen molar-refractivity contribution in [2.45, 2.75) is 24.5 Å². The molecule has 0 fully saturated rings. The highest BCUT2D eigenvalue weighted by Gasteiger charge is 2.10. The van der Waals surface area contributed by atoms with Crippen LogP contribution in [0.3, 0.4) is 0 Å². The van der Waals surface area contributed by atoms with Gasteiger partial charge in [0, 0.05) is 15.1 Å². The molecule has 3 rings (SSSR count). The van der Waals surface area contributed by atoms with Crippen molar-refractivity contribution in [2.75, 3.05) is 6.61 Å². The highest BCUT2D eigenvalue weighted by molar-refractivity contribution is 9.10. The van der Waals surface area contributed by atoms with Crippen LogP contribution in [0.1, 0.15) is 17.0 Å². The average Bonchev–Trinajstić information content (AvgIpc) is 3.00. The second-order valence-electron chi connectivity index (χ2n) is 5.90. The summed E-state index contributed by atoms with van der Waals surface area (Å²) in [4.78, 5) is 13.3. The maximum Gasteiger partial charge on any atom is 0.341 e. The Labute approximate surface area is 169 Å². The molecule has 1 aromatic heterocycles. The van der Waals surface area contributed by atoms with Crippen LogP contribution in [0.25, 0.3) is 5.69 Å². The maximum atomic E-state index is 10.6. The van der Waals surface area contributed by atoms with E-state index in [1.807, 2.05) is 50.2 Å². The molecule has 0 unspecified atom stereocenters. The predicted octanol–water partition coefficient (Wildman–Crippen LogP) is 4.40. The van der Waals surface area contributed by atoms with Crippen LogP contribution in [0.5, 0.6) is 5.75 Å². The van der Waals surface area contributed by atoms with Gasteiger partial charge in [0.25, 0.3) is 0 Å². The number of aryl methyl sites for hydroxylation is 2. The number of aliphatic carboxylic acids is 1. The molecule has 0 atom stereocenters. The van der Waals surface area contributed by atoms with Crippen LogP contribution >= 0.6 is 27.7 Å². The second kappa shape index (κ2) is 8.58. The lowest BCUT2D eigenvalue weighted by Crippen LogP contribution is -2.09. The highest BCUT2D eigenvalue weighted by Crippen LogP contribution is 2.28. The molecule has 0 bridgehead atoms. The molecule has 3 aromatic rings. The molecule has 1 N–H and O–H groups in total. The molecule has 27 heavy (non-hydrogen) atoms. The third-order valence-electron chi connectivity index (χ3n) is 3.79. The highest BCUT2D eigenvalue weighted by atomic mass is 79.9. The van der Waals surface area contributed by atoms with Gasteiger partial charge < -0.3 is 9.84 Å². The first kappa shape index (κ1) is 19.4. The normalized spacial score (nSPS) is 10.8. The van der Waals surface area contributed by atoms with E-state index >= 15 is 0 Å². The Morgan fingerprint density at radius 2 is 2.04 bits per heavy atom. The summed E-state index contributed by atoms with van der Waals surface area (Å²) in [5.41, 5.74) is 3.61. The van der Waals surface area contributed by atoms with Gasteiger partial charge in [0.1, 0.15) is 5.75 Å². The number of carboxylic acid groups (broad SMARTS) is 1. The molecule has 0 spiro atoms. The number of halogens is 1. The van der Waals surface area contributed by atoms with E-state index in [0.29, 0.717) is 11.5 Å². The molecule has 0 radical (unpaired) electrons. The molecule has 2 aromatic carbocycles. The zero-order valence-corrected chi connectivity index (χ0v) is 17.2. The summed E-state index contributed by atoms with van der Waals surface area (Å²) in [6, 6.07) is 13.5. The van der Waals surface area contributed by atoms with Crippen molar-refractivity contribution in [3.63, 3.8) is 0 Å². The molecule has 0 saturated carbocycles. The number of rotatable bonds is 7.